The first-order valence-electron chi connectivity index (χ1n) is 10.1. The van der Waals surface area contributed by atoms with Gasteiger partial charge in [-0.2, -0.15) is 0 Å². The number of aryl methyl sites for hydroxylation is 5. The summed E-state index contributed by atoms with van der Waals surface area (Å²) in [7, 11) is 0. The van der Waals surface area contributed by atoms with E-state index in [4.69, 9.17) is 15.0 Å². The van der Waals surface area contributed by atoms with Crippen molar-refractivity contribution in [3.8, 4) is 0 Å². The molecule has 0 unspecified atom stereocenters. The largest absolute Gasteiger partial charge is 0.251 e. The van der Waals surface area contributed by atoms with Crippen LogP contribution in [0, 0.1) is 34.6 Å². The van der Waals surface area contributed by atoms with Crippen LogP contribution in [0.3, 0.4) is 0 Å². The van der Waals surface area contributed by atoms with Crippen molar-refractivity contribution in [3.05, 3.63) is 86.1 Å². The minimum atomic E-state index is 0. The Kier molecular flexibility index (Phi) is 12.8. The third kappa shape index (κ3) is 7.77. The molecule has 0 aliphatic rings. The Labute approximate surface area is 229 Å². The summed E-state index contributed by atoms with van der Waals surface area (Å²) in [6, 6.07) is 14.6. The maximum absolute atomic E-state index is 4.90. The zero-order chi connectivity index (χ0) is 22.0. The Morgan fingerprint density at radius 2 is 1.09 bits per heavy atom. The number of hydrogen-bond donors (Lipinski definition) is 0. The van der Waals surface area contributed by atoms with E-state index in [-0.39, 0.29) is 41.9 Å². The Hall–Kier alpha value is -1.49. The molecular weight excluding hydrogens is 561 g/mol. The monoisotopic (exact) mass is 589 g/mol. The van der Waals surface area contributed by atoms with Gasteiger partial charge < -0.3 is 0 Å². The molecule has 0 amide bonds. The van der Waals surface area contributed by atoms with Crippen LogP contribution in [0.15, 0.2) is 56.9 Å². The molecule has 3 rings (SSSR count). The van der Waals surface area contributed by atoms with Crippen LogP contribution in [0.4, 0.5) is 11.4 Å². The van der Waals surface area contributed by atoms with Crippen molar-refractivity contribution in [2.75, 3.05) is 0 Å². The fourth-order valence-corrected chi connectivity index (χ4v) is 4.45. The minimum Gasteiger partial charge on any atom is -0.251 e. The van der Waals surface area contributed by atoms with E-state index in [1.807, 2.05) is 32.0 Å². The van der Waals surface area contributed by atoms with Gasteiger partial charge in [0.1, 0.15) is 0 Å². The van der Waals surface area contributed by atoms with Crippen molar-refractivity contribution in [2.45, 2.75) is 48.5 Å². The van der Waals surface area contributed by atoms with Gasteiger partial charge in [0.15, 0.2) is 0 Å². The van der Waals surface area contributed by atoms with Gasteiger partial charge in [-0.25, -0.2) is 4.98 Å². The van der Waals surface area contributed by atoms with E-state index in [0.29, 0.717) is 0 Å². The fourth-order valence-electron chi connectivity index (χ4n) is 3.69. The van der Waals surface area contributed by atoms with E-state index in [9.17, 15) is 0 Å². The van der Waals surface area contributed by atoms with Crippen LogP contribution in [0.1, 0.15) is 53.1 Å². The van der Waals surface area contributed by atoms with Crippen LogP contribution >= 0.6 is 40.7 Å². The van der Waals surface area contributed by atoms with Crippen molar-refractivity contribution in [1.29, 1.82) is 0 Å². The molecule has 2 aromatic carbocycles. The first-order valence-corrected chi connectivity index (χ1v) is 10.9. The maximum Gasteiger partial charge on any atom is 0.0849 e. The molecule has 0 aliphatic heterocycles. The third-order valence-electron chi connectivity index (χ3n) is 5.08. The molecule has 1 aromatic heterocycles. The average Bonchev–Trinajstić information content (AvgIpc) is 2.67. The van der Waals surface area contributed by atoms with Gasteiger partial charge in [-0.3, -0.25) is 9.98 Å². The van der Waals surface area contributed by atoms with Crippen molar-refractivity contribution >= 4 is 63.5 Å². The zero-order valence-electron chi connectivity index (χ0n) is 19.9. The molecule has 3 nitrogen and oxygen atoms in total. The summed E-state index contributed by atoms with van der Waals surface area (Å²) in [5, 5.41) is 0. The number of aliphatic imine (C=N–C) groups is 2. The summed E-state index contributed by atoms with van der Waals surface area (Å²) in [6.45, 7) is 14.5. The second-order valence-electron chi connectivity index (χ2n) is 7.96. The summed E-state index contributed by atoms with van der Waals surface area (Å²) in [4.78, 5) is 14.6. The Balaban J connectivity index is 0.00000341. The van der Waals surface area contributed by atoms with Crippen LogP contribution in [-0.2, 0) is 17.1 Å². The van der Waals surface area contributed by atoms with E-state index >= 15 is 0 Å². The molecular formula is C26H30BrCl2FeN3. The number of rotatable bonds is 4. The van der Waals surface area contributed by atoms with Crippen molar-refractivity contribution < 1.29 is 17.1 Å². The van der Waals surface area contributed by atoms with E-state index < -0.39 is 0 Å². The van der Waals surface area contributed by atoms with Crippen molar-refractivity contribution in [1.82, 2.24) is 4.98 Å². The molecule has 33 heavy (non-hydrogen) atoms. The minimum absolute atomic E-state index is 0. The molecule has 0 radical (unpaired) electrons. The summed E-state index contributed by atoms with van der Waals surface area (Å²) in [6.07, 6.45) is 0. The van der Waals surface area contributed by atoms with Gasteiger partial charge in [-0.05, 0) is 105 Å². The van der Waals surface area contributed by atoms with E-state index in [1.54, 1.807) is 0 Å². The Bertz CT molecular complexity index is 1060. The van der Waals surface area contributed by atoms with Crippen LogP contribution < -0.4 is 0 Å². The van der Waals surface area contributed by atoms with Gasteiger partial charge in [0, 0.05) is 21.5 Å². The number of halogens is 3. The van der Waals surface area contributed by atoms with Crippen LogP contribution in [-0.4, -0.2) is 16.4 Å². The third-order valence-corrected chi connectivity index (χ3v) is 5.69. The van der Waals surface area contributed by atoms with Gasteiger partial charge in [0.2, 0.25) is 0 Å². The number of benzene rings is 2. The van der Waals surface area contributed by atoms with Crippen LogP contribution in [0.5, 0.6) is 0 Å². The first kappa shape index (κ1) is 31.5. The number of hydrogen-bond acceptors (Lipinski definition) is 3. The second-order valence-corrected chi connectivity index (χ2v) is 8.82. The van der Waals surface area contributed by atoms with Gasteiger partial charge >= 0.3 is 0 Å². The van der Waals surface area contributed by atoms with Crippen molar-refractivity contribution in [3.63, 3.8) is 0 Å². The molecule has 0 saturated carbocycles. The molecule has 3 aromatic rings. The number of aromatic nitrogens is 1. The molecule has 0 atom stereocenters. The Morgan fingerprint density at radius 3 is 1.55 bits per heavy atom. The molecule has 0 saturated heterocycles. The quantitative estimate of drug-likeness (QED) is 0.222. The molecule has 0 spiro atoms. The number of pyridine rings is 1. The molecule has 178 valence electrons. The first-order chi connectivity index (χ1) is 14.2. The summed E-state index contributed by atoms with van der Waals surface area (Å²) < 4.78 is 0.999. The smallest absolute Gasteiger partial charge is 0.0849 e. The summed E-state index contributed by atoms with van der Waals surface area (Å²) in [5.41, 5.74) is 11.4. The SMILES string of the molecule is CC(=Nc1c(C)cc(C)cc1C)c1cccc(C(C)=Nc2c(C)cc(C)cc2Br)n1.Cl.Cl.[Fe]. The van der Waals surface area contributed by atoms with Crippen LogP contribution in [0.25, 0.3) is 0 Å². The molecule has 0 bridgehead atoms. The van der Waals surface area contributed by atoms with E-state index in [1.165, 1.54) is 22.3 Å². The maximum atomic E-state index is 4.90. The average molecular weight is 591 g/mol. The summed E-state index contributed by atoms with van der Waals surface area (Å²) in [5.74, 6) is 0. The van der Waals surface area contributed by atoms with Crippen LogP contribution in [0.2, 0.25) is 0 Å². The van der Waals surface area contributed by atoms with Crippen molar-refractivity contribution in [2.24, 2.45) is 9.98 Å². The topological polar surface area (TPSA) is 37.6 Å². The standard InChI is InChI=1S/C26H28BrN3.2ClH.Fe/c1-15-11-17(3)25(18(4)12-15)28-20(6)23-9-8-10-24(30-23)21(7)29-26-19(5)13-16(2)14-22(26)27;;;/h8-14H,1-7H3;2*1H;. The second kappa shape index (κ2) is 13.4. The molecule has 0 aliphatic carbocycles. The molecule has 0 fully saturated rings. The normalized spacial score (nSPS) is 11.3. The molecule has 7 heteroatoms. The van der Waals surface area contributed by atoms with Gasteiger partial charge in [-0.1, -0.05) is 29.8 Å². The van der Waals surface area contributed by atoms with Gasteiger partial charge in [-0.15, -0.1) is 24.8 Å². The predicted octanol–water partition coefficient (Wildman–Crippen LogP) is 8.51. The van der Waals surface area contributed by atoms with E-state index in [0.717, 1.165) is 44.2 Å². The molecule has 1 heterocycles. The zero-order valence-corrected chi connectivity index (χ0v) is 24.3. The van der Waals surface area contributed by atoms with Gasteiger partial charge in [0.05, 0.1) is 34.2 Å². The van der Waals surface area contributed by atoms with E-state index in [2.05, 4.69) is 74.8 Å². The fraction of sp³-hybridized carbons (Fsp3) is 0.269. The number of nitrogens with zero attached hydrogens (tertiary/aromatic N) is 3. The molecule has 0 N–H and O–H groups in total. The summed E-state index contributed by atoms with van der Waals surface area (Å²) >= 11 is 3.65. The predicted molar refractivity (Wildman–Crippen MR) is 147 cm³/mol. The van der Waals surface area contributed by atoms with Gasteiger partial charge in [0.25, 0.3) is 0 Å². The Morgan fingerprint density at radius 1 is 0.697 bits per heavy atom.